The smallest absolute Gasteiger partial charge is 0.00746 e. The molecular formula is C10H23N. The fourth-order valence-corrected chi connectivity index (χ4v) is 1.53. The normalized spacial score (nSPS) is 17.7. The minimum absolute atomic E-state index is 0.894. The zero-order valence-electron chi connectivity index (χ0n) is 8.10. The van der Waals surface area contributed by atoms with Crippen LogP contribution >= 0.6 is 0 Å². The number of rotatable bonds is 2. The summed E-state index contributed by atoms with van der Waals surface area (Å²) in [5, 5.41) is 0. The van der Waals surface area contributed by atoms with Gasteiger partial charge in [-0.05, 0) is 18.9 Å². The van der Waals surface area contributed by atoms with Crippen LogP contribution in [-0.4, -0.2) is 6.54 Å². The second kappa shape index (κ2) is 8.06. The minimum Gasteiger partial charge on any atom is -0.330 e. The van der Waals surface area contributed by atoms with E-state index in [0.29, 0.717) is 0 Å². The molecule has 0 heterocycles. The zero-order valence-corrected chi connectivity index (χ0v) is 8.10. The van der Waals surface area contributed by atoms with Crippen molar-refractivity contribution in [2.45, 2.75) is 52.4 Å². The van der Waals surface area contributed by atoms with Gasteiger partial charge < -0.3 is 5.73 Å². The summed E-state index contributed by atoms with van der Waals surface area (Å²) in [6.07, 6.45) is 8.30. The van der Waals surface area contributed by atoms with Crippen LogP contribution in [-0.2, 0) is 0 Å². The third kappa shape index (κ3) is 6.36. The molecule has 0 unspecified atom stereocenters. The number of hydrogen-bond donors (Lipinski definition) is 1. The van der Waals surface area contributed by atoms with Crippen LogP contribution in [0.5, 0.6) is 0 Å². The molecule has 0 radical (unpaired) electrons. The van der Waals surface area contributed by atoms with Gasteiger partial charge in [-0.25, -0.2) is 0 Å². The molecule has 1 saturated carbocycles. The van der Waals surface area contributed by atoms with Crippen LogP contribution < -0.4 is 5.73 Å². The standard InChI is InChI=1S/C7H15N.C3H8/c8-6-5-7-3-1-2-4-7;1-3-2/h7H,1-6,8H2;3H2,1-2H3. The molecule has 1 rings (SSSR count). The summed E-state index contributed by atoms with van der Waals surface area (Å²) >= 11 is 0. The van der Waals surface area contributed by atoms with Crippen LogP contribution in [0.3, 0.4) is 0 Å². The molecule has 1 aliphatic carbocycles. The fourth-order valence-electron chi connectivity index (χ4n) is 1.53. The number of hydrogen-bond acceptors (Lipinski definition) is 1. The van der Waals surface area contributed by atoms with Crippen molar-refractivity contribution in [2.24, 2.45) is 11.7 Å². The molecule has 11 heavy (non-hydrogen) atoms. The van der Waals surface area contributed by atoms with E-state index in [1.807, 2.05) is 0 Å². The molecule has 1 heteroatoms. The summed E-state index contributed by atoms with van der Waals surface area (Å²) < 4.78 is 0. The zero-order chi connectivity index (χ0) is 8.53. The van der Waals surface area contributed by atoms with E-state index in [1.165, 1.54) is 38.5 Å². The predicted octanol–water partition coefficient (Wildman–Crippen LogP) is 2.94. The molecule has 1 nitrogen and oxygen atoms in total. The van der Waals surface area contributed by atoms with Gasteiger partial charge in [0.05, 0.1) is 0 Å². The molecule has 0 aromatic rings. The fraction of sp³-hybridized carbons (Fsp3) is 1.00. The average molecular weight is 157 g/mol. The maximum atomic E-state index is 5.41. The predicted molar refractivity (Wildman–Crippen MR) is 51.6 cm³/mol. The summed E-state index contributed by atoms with van der Waals surface area (Å²) in [4.78, 5) is 0. The van der Waals surface area contributed by atoms with Gasteiger partial charge >= 0.3 is 0 Å². The highest BCUT2D eigenvalue weighted by atomic mass is 14.5. The SMILES string of the molecule is CCC.NCCC1CCCC1. The molecule has 0 amide bonds. The highest BCUT2D eigenvalue weighted by Crippen LogP contribution is 2.26. The molecule has 1 fully saturated rings. The second-order valence-electron chi connectivity index (χ2n) is 3.43. The Hall–Kier alpha value is -0.0400. The lowest BCUT2D eigenvalue weighted by molar-refractivity contribution is 0.511. The van der Waals surface area contributed by atoms with Crippen molar-refractivity contribution < 1.29 is 0 Å². The van der Waals surface area contributed by atoms with Crippen LogP contribution in [0.25, 0.3) is 0 Å². The van der Waals surface area contributed by atoms with Crippen molar-refractivity contribution in [1.82, 2.24) is 0 Å². The van der Waals surface area contributed by atoms with E-state index in [9.17, 15) is 0 Å². The van der Waals surface area contributed by atoms with E-state index in [-0.39, 0.29) is 0 Å². The topological polar surface area (TPSA) is 26.0 Å². The molecule has 1 aliphatic rings. The lowest BCUT2D eigenvalue weighted by atomic mass is 10.1. The Kier molecular flexibility index (Phi) is 8.03. The molecule has 0 bridgehead atoms. The maximum Gasteiger partial charge on any atom is -0.00746 e. The molecule has 2 N–H and O–H groups in total. The van der Waals surface area contributed by atoms with Crippen LogP contribution in [0.2, 0.25) is 0 Å². The van der Waals surface area contributed by atoms with Crippen molar-refractivity contribution in [2.75, 3.05) is 6.54 Å². The average Bonchev–Trinajstić information content (AvgIpc) is 2.42. The first-order chi connectivity index (χ1) is 5.35. The van der Waals surface area contributed by atoms with Crippen LogP contribution in [0.15, 0.2) is 0 Å². The van der Waals surface area contributed by atoms with E-state index in [2.05, 4.69) is 13.8 Å². The molecule has 0 spiro atoms. The Morgan fingerprint density at radius 1 is 1.18 bits per heavy atom. The van der Waals surface area contributed by atoms with E-state index < -0.39 is 0 Å². The van der Waals surface area contributed by atoms with E-state index in [1.54, 1.807) is 0 Å². The Labute approximate surface area is 71.4 Å². The van der Waals surface area contributed by atoms with Gasteiger partial charge in [0.2, 0.25) is 0 Å². The van der Waals surface area contributed by atoms with Crippen molar-refractivity contribution in [3.05, 3.63) is 0 Å². The van der Waals surface area contributed by atoms with Crippen molar-refractivity contribution >= 4 is 0 Å². The van der Waals surface area contributed by atoms with Crippen molar-refractivity contribution in [3.63, 3.8) is 0 Å². The van der Waals surface area contributed by atoms with Gasteiger partial charge in [-0.2, -0.15) is 0 Å². The maximum absolute atomic E-state index is 5.41. The van der Waals surface area contributed by atoms with E-state index in [0.717, 1.165) is 12.5 Å². The third-order valence-electron chi connectivity index (χ3n) is 2.05. The monoisotopic (exact) mass is 157 g/mol. The summed E-state index contributed by atoms with van der Waals surface area (Å²) in [7, 11) is 0. The van der Waals surface area contributed by atoms with Gasteiger partial charge in [-0.15, -0.1) is 0 Å². The Morgan fingerprint density at radius 2 is 1.64 bits per heavy atom. The highest BCUT2D eigenvalue weighted by Gasteiger charge is 2.12. The molecule has 0 atom stereocenters. The lowest BCUT2D eigenvalue weighted by Crippen LogP contribution is -2.04. The lowest BCUT2D eigenvalue weighted by Gasteiger charge is -2.03. The van der Waals surface area contributed by atoms with Gasteiger partial charge in [0.1, 0.15) is 0 Å². The molecule has 68 valence electrons. The summed E-state index contributed by atoms with van der Waals surface area (Å²) in [6, 6.07) is 0. The van der Waals surface area contributed by atoms with Gasteiger partial charge in [-0.1, -0.05) is 46.0 Å². The van der Waals surface area contributed by atoms with Gasteiger partial charge in [-0.3, -0.25) is 0 Å². The van der Waals surface area contributed by atoms with E-state index >= 15 is 0 Å². The molecule has 0 saturated heterocycles. The van der Waals surface area contributed by atoms with Crippen LogP contribution in [0.4, 0.5) is 0 Å². The van der Waals surface area contributed by atoms with Crippen molar-refractivity contribution in [3.8, 4) is 0 Å². The Balaban J connectivity index is 0.000000292. The first-order valence-corrected chi connectivity index (χ1v) is 5.05. The van der Waals surface area contributed by atoms with Crippen LogP contribution in [0, 0.1) is 5.92 Å². The highest BCUT2D eigenvalue weighted by molar-refractivity contribution is 4.66. The quantitative estimate of drug-likeness (QED) is 0.655. The molecule has 0 aliphatic heterocycles. The third-order valence-corrected chi connectivity index (χ3v) is 2.05. The Morgan fingerprint density at radius 3 is 2.00 bits per heavy atom. The van der Waals surface area contributed by atoms with Crippen LogP contribution in [0.1, 0.15) is 52.4 Å². The summed E-state index contributed by atoms with van der Waals surface area (Å²) in [5.74, 6) is 0.986. The first kappa shape index (κ1) is 11.0. The first-order valence-electron chi connectivity index (χ1n) is 5.05. The molecular weight excluding hydrogens is 134 g/mol. The van der Waals surface area contributed by atoms with Gasteiger partial charge in [0.25, 0.3) is 0 Å². The Bertz CT molecular complexity index is 65.3. The molecule has 0 aromatic heterocycles. The van der Waals surface area contributed by atoms with Gasteiger partial charge in [0.15, 0.2) is 0 Å². The second-order valence-corrected chi connectivity index (χ2v) is 3.43. The van der Waals surface area contributed by atoms with Gasteiger partial charge in [0, 0.05) is 0 Å². The molecule has 0 aromatic carbocycles. The number of nitrogens with two attached hydrogens (primary N) is 1. The largest absolute Gasteiger partial charge is 0.330 e. The minimum atomic E-state index is 0.894. The summed E-state index contributed by atoms with van der Waals surface area (Å²) in [5.41, 5.74) is 5.41. The van der Waals surface area contributed by atoms with E-state index in [4.69, 9.17) is 5.73 Å². The van der Waals surface area contributed by atoms with Crippen molar-refractivity contribution in [1.29, 1.82) is 0 Å². The summed E-state index contributed by atoms with van der Waals surface area (Å²) in [6.45, 7) is 5.14.